The zero-order valence-electron chi connectivity index (χ0n) is 17.1. The van der Waals surface area contributed by atoms with Gasteiger partial charge in [0.15, 0.2) is 11.5 Å². The lowest BCUT2D eigenvalue weighted by molar-refractivity contribution is 1.11. The molecule has 3 nitrogen and oxygen atoms in total. The molecule has 0 aliphatic rings. The number of rotatable bonds is 3. The van der Waals surface area contributed by atoms with Gasteiger partial charge in [0.25, 0.3) is 0 Å². The Hall–Kier alpha value is -3.76. The highest BCUT2D eigenvalue weighted by molar-refractivity contribution is 9.10. The van der Waals surface area contributed by atoms with E-state index in [9.17, 15) is 0 Å². The van der Waals surface area contributed by atoms with Crippen LogP contribution in [0.2, 0.25) is 0 Å². The molecule has 32 heavy (non-hydrogen) atoms. The van der Waals surface area contributed by atoms with Gasteiger partial charge in [-0.05, 0) is 34.2 Å². The van der Waals surface area contributed by atoms with Crippen LogP contribution in [0.15, 0.2) is 114 Å². The zero-order valence-corrected chi connectivity index (χ0v) is 18.7. The Labute approximate surface area is 194 Å². The monoisotopic (exact) mass is 475 g/mol. The van der Waals surface area contributed by atoms with Crippen LogP contribution in [0.25, 0.3) is 50.1 Å². The van der Waals surface area contributed by atoms with Crippen LogP contribution in [0.1, 0.15) is 0 Å². The van der Waals surface area contributed by atoms with E-state index in [1.165, 1.54) is 22.1 Å². The molecular weight excluding hydrogens is 458 g/mol. The fourth-order valence-corrected chi connectivity index (χ4v) is 4.47. The summed E-state index contributed by atoms with van der Waals surface area (Å²) in [5, 5.41) is 11.3. The van der Waals surface area contributed by atoms with E-state index in [1.54, 1.807) is 0 Å². The van der Waals surface area contributed by atoms with Gasteiger partial charge in [0.05, 0.1) is 0 Å². The van der Waals surface area contributed by atoms with Crippen molar-refractivity contribution in [2.75, 3.05) is 0 Å². The fraction of sp³-hybridized carbons (Fsp3) is 0. The average Bonchev–Trinajstić information content (AvgIpc) is 3.29. The van der Waals surface area contributed by atoms with E-state index in [2.05, 4.69) is 122 Å². The van der Waals surface area contributed by atoms with Crippen molar-refractivity contribution in [2.45, 2.75) is 0 Å². The van der Waals surface area contributed by atoms with Gasteiger partial charge < -0.3 is 0 Å². The lowest BCUT2D eigenvalue weighted by Crippen LogP contribution is -1.93. The minimum atomic E-state index is 0.834. The summed E-state index contributed by atoms with van der Waals surface area (Å²) in [5.74, 6) is 0.834. The van der Waals surface area contributed by atoms with Crippen molar-refractivity contribution in [1.29, 1.82) is 0 Å². The lowest BCUT2D eigenvalue weighted by atomic mass is 9.97. The molecule has 0 spiro atoms. The Morgan fingerprint density at radius 3 is 1.88 bits per heavy atom. The molecule has 0 N–H and O–H groups in total. The van der Waals surface area contributed by atoms with Crippen molar-refractivity contribution in [3.05, 3.63) is 114 Å². The van der Waals surface area contributed by atoms with E-state index < -0.39 is 0 Å². The fourth-order valence-electron chi connectivity index (χ4n) is 4.21. The summed E-state index contributed by atoms with van der Waals surface area (Å²) >= 11 is 3.51. The largest absolute Gasteiger partial charge is 0.281 e. The number of halogens is 1. The molecule has 6 aromatic rings. The molecule has 0 saturated heterocycles. The average molecular weight is 476 g/mol. The normalized spacial score (nSPS) is 11.3. The van der Waals surface area contributed by atoms with Gasteiger partial charge in [-0.25, -0.2) is 0 Å². The van der Waals surface area contributed by atoms with Crippen molar-refractivity contribution in [3.63, 3.8) is 0 Å². The minimum Gasteiger partial charge on any atom is -0.281 e. The summed E-state index contributed by atoms with van der Waals surface area (Å²) in [6.45, 7) is 0. The summed E-state index contributed by atoms with van der Waals surface area (Å²) < 4.78 is 3.14. The molecule has 0 saturated carbocycles. The smallest absolute Gasteiger partial charge is 0.169 e. The first-order valence-electron chi connectivity index (χ1n) is 10.5. The lowest BCUT2D eigenvalue weighted by Gasteiger charge is -2.11. The van der Waals surface area contributed by atoms with Gasteiger partial charge in [-0.2, -0.15) is 0 Å². The second-order valence-electron chi connectivity index (χ2n) is 7.76. The van der Waals surface area contributed by atoms with Gasteiger partial charge in [0, 0.05) is 27.2 Å². The maximum atomic E-state index is 4.54. The van der Waals surface area contributed by atoms with E-state index in [0.29, 0.717) is 0 Å². The molecule has 2 heterocycles. The molecule has 0 radical (unpaired) electrons. The Bertz CT molecular complexity index is 1550. The molecular formula is C28H18BrN3. The first-order valence-corrected chi connectivity index (χ1v) is 11.3. The van der Waals surface area contributed by atoms with Crippen molar-refractivity contribution in [3.8, 4) is 33.6 Å². The van der Waals surface area contributed by atoms with E-state index in [0.717, 1.165) is 32.5 Å². The number of benzene rings is 4. The van der Waals surface area contributed by atoms with Crippen molar-refractivity contribution >= 4 is 32.3 Å². The minimum absolute atomic E-state index is 0.834. The Morgan fingerprint density at radius 2 is 1.12 bits per heavy atom. The van der Waals surface area contributed by atoms with Crippen LogP contribution in [0.3, 0.4) is 0 Å². The molecule has 0 bridgehead atoms. The molecule has 2 aromatic heterocycles. The van der Waals surface area contributed by atoms with Gasteiger partial charge in [0.1, 0.15) is 0 Å². The molecule has 0 atom stereocenters. The quantitative estimate of drug-likeness (QED) is 0.263. The molecule has 4 heteroatoms. The molecule has 0 aliphatic carbocycles. The Morgan fingerprint density at radius 1 is 0.531 bits per heavy atom. The SMILES string of the molecule is Brc1ccc(-c2nnc3c4ccccc4c(-c4ccc(-c5ccccc5)cc4)cn23)cc1. The van der Waals surface area contributed by atoms with Crippen molar-refractivity contribution in [2.24, 2.45) is 0 Å². The van der Waals surface area contributed by atoms with Gasteiger partial charge >= 0.3 is 0 Å². The van der Waals surface area contributed by atoms with Gasteiger partial charge in [-0.1, -0.05) is 107 Å². The Balaban J connectivity index is 1.55. The predicted molar refractivity (Wildman–Crippen MR) is 135 cm³/mol. The number of hydrogen-bond donors (Lipinski definition) is 0. The first kappa shape index (κ1) is 19.0. The van der Waals surface area contributed by atoms with E-state index in [1.807, 2.05) is 18.2 Å². The van der Waals surface area contributed by atoms with Crippen LogP contribution < -0.4 is 0 Å². The maximum Gasteiger partial charge on any atom is 0.169 e. The molecule has 152 valence electrons. The zero-order chi connectivity index (χ0) is 21.5. The topological polar surface area (TPSA) is 30.2 Å². The van der Waals surface area contributed by atoms with E-state index in [-0.39, 0.29) is 0 Å². The standard InChI is InChI=1S/C28H18BrN3/c29-23-16-14-22(15-17-23)27-30-31-28-25-9-5-4-8-24(25)26(18-32(27)28)21-12-10-20(11-13-21)19-6-2-1-3-7-19/h1-18H. The van der Waals surface area contributed by atoms with Gasteiger partial charge in [0.2, 0.25) is 0 Å². The summed E-state index contributed by atoms with van der Waals surface area (Å²) in [7, 11) is 0. The van der Waals surface area contributed by atoms with Crippen LogP contribution >= 0.6 is 15.9 Å². The van der Waals surface area contributed by atoms with Gasteiger partial charge in [-0.3, -0.25) is 4.40 Å². The van der Waals surface area contributed by atoms with Crippen molar-refractivity contribution in [1.82, 2.24) is 14.6 Å². The first-order chi connectivity index (χ1) is 15.8. The second-order valence-corrected chi connectivity index (χ2v) is 8.67. The van der Waals surface area contributed by atoms with Crippen molar-refractivity contribution < 1.29 is 0 Å². The van der Waals surface area contributed by atoms with Crippen LogP contribution in [-0.4, -0.2) is 14.6 Å². The van der Waals surface area contributed by atoms with E-state index >= 15 is 0 Å². The Kier molecular flexibility index (Phi) is 4.58. The van der Waals surface area contributed by atoms with Crippen LogP contribution in [0.4, 0.5) is 0 Å². The summed E-state index contributed by atoms with van der Waals surface area (Å²) in [5.41, 5.74) is 6.64. The number of pyridine rings is 1. The van der Waals surface area contributed by atoms with Crippen LogP contribution in [-0.2, 0) is 0 Å². The number of nitrogens with zero attached hydrogens (tertiary/aromatic N) is 3. The third kappa shape index (κ3) is 3.20. The molecule has 6 rings (SSSR count). The summed E-state index contributed by atoms with van der Waals surface area (Å²) in [6, 6.07) is 35.8. The van der Waals surface area contributed by atoms with E-state index in [4.69, 9.17) is 0 Å². The van der Waals surface area contributed by atoms with Crippen LogP contribution in [0.5, 0.6) is 0 Å². The molecule has 0 amide bonds. The molecule has 0 fully saturated rings. The number of fused-ring (bicyclic) bond motifs is 3. The summed E-state index contributed by atoms with van der Waals surface area (Å²) in [4.78, 5) is 0. The van der Waals surface area contributed by atoms with Gasteiger partial charge in [-0.15, -0.1) is 10.2 Å². The maximum absolute atomic E-state index is 4.54. The highest BCUT2D eigenvalue weighted by Crippen LogP contribution is 2.34. The number of aromatic nitrogens is 3. The highest BCUT2D eigenvalue weighted by Gasteiger charge is 2.15. The third-order valence-electron chi connectivity index (χ3n) is 5.82. The highest BCUT2D eigenvalue weighted by atomic mass is 79.9. The molecule has 0 aliphatic heterocycles. The number of hydrogen-bond acceptors (Lipinski definition) is 2. The third-order valence-corrected chi connectivity index (χ3v) is 6.35. The second kappa shape index (κ2) is 7.74. The summed E-state index contributed by atoms with van der Waals surface area (Å²) in [6.07, 6.45) is 2.16. The predicted octanol–water partition coefficient (Wildman–Crippen LogP) is 7.65. The molecule has 0 unspecified atom stereocenters. The molecule has 4 aromatic carbocycles. The van der Waals surface area contributed by atoms with Crippen LogP contribution in [0, 0.1) is 0 Å².